The van der Waals surface area contributed by atoms with Gasteiger partial charge in [0.05, 0.1) is 16.8 Å². The Balaban J connectivity index is 1.64. The molecule has 4 rings (SSSR count). The van der Waals surface area contributed by atoms with Gasteiger partial charge in [-0.05, 0) is 50.8 Å². The highest BCUT2D eigenvalue weighted by Crippen LogP contribution is 2.44. The third-order valence-electron chi connectivity index (χ3n) is 5.58. The highest BCUT2D eigenvalue weighted by atomic mass is 32.1. The van der Waals surface area contributed by atoms with Crippen LogP contribution in [-0.4, -0.2) is 53.6 Å². The van der Waals surface area contributed by atoms with Crippen LogP contribution >= 0.6 is 11.3 Å². The summed E-state index contributed by atoms with van der Waals surface area (Å²) < 4.78 is 0. The fraction of sp³-hybridized carbons (Fsp3) is 0.261. The molecule has 10 heteroatoms. The second-order valence-corrected chi connectivity index (χ2v) is 8.71. The number of nitrogens with one attached hydrogen (secondary N) is 2. The Kier molecular flexibility index (Phi) is 6.36. The van der Waals surface area contributed by atoms with Crippen molar-refractivity contribution in [1.29, 1.82) is 0 Å². The van der Waals surface area contributed by atoms with Gasteiger partial charge in [0.25, 0.3) is 5.91 Å². The maximum atomic E-state index is 13.2. The summed E-state index contributed by atoms with van der Waals surface area (Å²) in [5, 5.41) is 6.61. The summed E-state index contributed by atoms with van der Waals surface area (Å²) in [5.41, 5.74) is 1.79. The van der Waals surface area contributed by atoms with Crippen molar-refractivity contribution in [2.24, 2.45) is 4.99 Å². The number of likely N-dealkylation sites (tertiary alicyclic amines) is 1. The van der Waals surface area contributed by atoms with Crippen LogP contribution in [0.4, 0.5) is 16.2 Å². The number of amides is 4. The second-order valence-electron chi connectivity index (χ2n) is 7.72. The van der Waals surface area contributed by atoms with E-state index in [1.165, 1.54) is 23.6 Å². The minimum atomic E-state index is -0.364. The van der Waals surface area contributed by atoms with Gasteiger partial charge in [-0.3, -0.25) is 19.5 Å². The maximum absolute atomic E-state index is 13.2. The highest BCUT2D eigenvalue weighted by Gasteiger charge is 2.33. The summed E-state index contributed by atoms with van der Waals surface area (Å²) in [7, 11) is 0. The first-order valence-corrected chi connectivity index (χ1v) is 11.3. The molecule has 1 atom stereocenters. The first-order valence-electron chi connectivity index (χ1n) is 10.5. The molecular weight excluding hydrogens is 440 g/mol. The average Bonchev–Trinajstić information content (AvgIpc) is 3.18. The molecule has 0 radical (unpaired) electrons. The van der Waals surface area contributed by atoms with E-state index in [2.05, 4.69) is 33.9 Å². The van der Waals surface area contributed by atoms with Crippen molar-refractivity contribution in [2.75, 3.05) is 23.3 Å². The van der Waals surface area contributed by atoms with Crippen LogP contribution in [0.5, 0.6) is 0 Å². The van der Waals surface area contributed by atoms with Crippen molar-refractivity contribution < 1.29 is 14.4 Å². The van der Waals surface area contributed by atoms with E-state index in [9.17, 15) is 14.4 Å². The van der Waals surface area contributed by atoms with Crippen LogP contribution in [-0.2, 0) is 4.79 Å². The van der Waals surface area contributed by atoms with Gasteiger partial charge in [-0.1, -0.05) is 6.58 Å². The molecule has 0 aromatic carbocycles. The molecule has 9 nitrogen and oxygen atoms in total. The Morgan fingerprint density at radius 3 is 3.00 bits per heavy atom. The van der Waals surface area contributed by atoms with E-state index < -0.39 is 0 Å². The Morgan fingerprint density at radius 2 is 2.24 bits per heavy atom. The minimum Gasteiger partial charge on any atom is -0.347 e. The van der Waals surface area contributed by atoms with Crippen LogP contribution in [0, 0.1) is 0 Å². The number of urea groups is 1. The fourth-order valence-corrected chi connectivity index (χ4v) is 5.11. The first kappa shape index (κ1) is 22.4. The van der Waals surface area contributed by atoms with Gasteiger partial charge in [-0.2, -0.15) is 0 Å². The molecule has 2 aromatic heterocycles. The number of hydrogen-bond donors (Lipinski definition) is 2. The Labute approximate surface area is 195 Å². The normalized spacial score (nSPS) is 18.4. The van der Waals surface area contributed by atoms with Crippen molar-refractivity contribution in [3.63, 3.8) is 0 Å². The third kappa shape index (κ3) is 4.29. The number of piperidine rings is 1. The van der Waals surface area contributed by atoms with E-state index in [1.54, 1.807) is 34.2 Å². The number of thiophene rings is 1. The SMILES string of the molecule is C=CC(=O)N1CCCC(NC(=O)c2sc3nccc4c3c2NC(=O)N4/C(C)=C/C=C\N=C)C1. The van der Waals surface area contributed by atoms with Gasteiger partial charge in [-0.15, -0.1) is 11.3 Å². The quantitative estimate of drug-likeness (QED) is 0.386. The summed E-state index contributed by atoms with van der Waals surface area (Å²) in [4.78, 5) is 50.5. The monoisotopic (exact) mass is 464 g/mol. The number of pyridine rings is 1. The Hall–Kier alpha value is -3.79. The number of hydrogen-bond acceptors (Lipinski definition) is 6. The number of anilines is 2. The van der Waals surface area contributed by atoms with Crippen LogP contribution in [0.3, 0.4) is 0 Å². The summed E-state index contributed by atoms with van der Waals surface area (Å²) in [6.07, 6.45) is 9.46. The molecule has 0 aliphatic carbocycles. The molecule has 1 fully saturated rings. The first-order chi connectivity index (χ1) is 15.9. The topological polar surface area (TPSA) is 107 Å². The molecule has 0 saturated carbocycles. The van der Waals surface area contributed by atoms with E-state index in [1.807, 2.05) is 6.92 Å². The molecule has 0 spiro atoms. The molecule has 33 heavy (non-hydrogen) atoms. The number of aromatic nitrogens is 1. The second kappa shape index (κ2) is 9.37. The van der Waals surface area contributed by atoms with Crippen LogP contribution in [0.1, 0.15) is 29.4 Å². The lowest BCUT2D eigenvalue weighted by Gasteiger charge is -2.32. The van der Waals surface area contributed by atoms with Gasteiger partial charge < -0.3 is 15.5 Å². The zero-order chi connectivity index (χ0) is 23.5. The number of nitrogens with zero attached hydrogens (tertiary/aromatic N) is 4. The summed E-state index contributed by atoms with van der Waals surface area (Å²) in [6.45, 7) is 9.82. The van der Waals surface area contributed by atoms with Gasteiger partial charge in [-0.25, -0.2) is 9.78 Å². The molecule has 2 aliphatic rings. The summed E-state index contributed by atoms with van der Waals surface area (Å²) in [6, 6.07) is 1.22. The number of allylic oxidation sites excluding steroid dienone is 3. The summed E-state index contributed by atoms with van der Waals surface area (Å²) in [5.74, 6) is -0.438. The maximum Gasteiger partial charge on any atom is 0.330 e. The van der Waals surface area contributed by atoms with Gasteiger partial charge in [0.2, 0.25) is 5.91 Å². The van der Waals surface area contributed by atoms with Gasteiger partial charge in [0.1, 0.15) is 9.71 Å². The summed E-state index contributed by atoms with van der Waals surface area (Å²) >= 11 is 1.23. The predicted molar refractivity (Wildman–Crippen MR) is 131 cm³/mol. The Morgan fingerprint density at radius 1 is 1.42 bits per heavy atom. The number of aliphatic imine (C=N–C) groups is 1. The van der Waals surface area contributed by atoms with Crippen LogP contribution in [0.15, 0.2) is 54.0 Å². The van der Waals surface area contributed by atoms with E-state index in [0.29, 0.717) is 39.9 Å². The van der Waals surface area contributed by atoms with Gasteiger partial charge >= 0.3 is 6.03 Å². The molecule has 0 bridgehead atoms. The third-order valence-corrected chi connectivity index (χ3v) is 6.67. The molecule has 1 saturated heterocycles. The van der Waals surface area contributed by atoms with Crippen molar-refractivity contribution in [3.05, 3.63) is 53.8 Å². The zero-order valence-corrected chi connectivity index (χ0v) is 19.0. The standard InChI is InChI=1S/C23H24N6O3S/c1-4-17(30)28-12-6-8-15(13-28)26-21(31)20-19-18-16(9-11-25-22(18)33-20)29(23(32)27-19)14(2)7-5-10-24-3/h4-5,7,9-11,15H,1,3,6,8,12-13H2,2H3,(H,26,31)(H,27,32)/b10-5-,14-7+. The van der Waals surface area contributed by atoms with E-state index in [4.69, 9.17) is 0 Å². The number of carbonyl (C=O) groups excluding carboxylic acids is 3. The molecule has 4 amide bonds. The molecule has 2 aliphatic heterocycles. The molecule has 2 N–H and O–H groups in total. The molecule has 1 unspecified atom stereocenters. The Bertz CT molecular complexity index is 1210. The lowest BCUT2D eigenvalue weighted by atomic mass is 10.1. The van der Waals surface area contributed by atoms with Crippen LogP contribution in [0.2, 0.25) is 0 Å². The molecule has 2 aromatic rings. The smallest absolute Gasteiger partial charge is 0.330 e. The van der Waals surface area contributed by atoms with E-state index >= 15 is 0 Å². The fourth-order valence-electron chi connectivity index (χ4n) is 4.09. The van der Waals surface area contributed by atoms with E-state index in [-0.39, 0.29) is 23.9 Å². The van der Waals surface area contributed by atoms with Gasteiger partial charge in [0, 0.05) is 37.2 Å². The van der Waals surface area contributed by atoms with E-state index in [0.717, 1.165) is 18.2 Å². The zero-order valence-electron chi connectivity index (χ0n) is 18.2. The largest absolute Gasteiger partial charge is 0.347 e. The lowest BCUT2D eigenvalue weighted by molar-refractivity contribution is -0.127. The predicted octanol–water partition coefficient (Wildman–Crippen LogP) is 3.67. The molecular formula is C23H24N6O3S. The van der Waals surface area contributed by atoms with Crippen molar-refractivity contribution in [2.45, 2.75) is 25.8 Å². The van der Waals surface area contributed by atoms with Crippen molar-refractivity contribution in [3.8, 4) is 0 Å². The number of rotatable bonds is 6. The number of carbonyl (C=O) groups is 3. The van der Waals surface area contributed by atoms with Crippen LogP contribution < -0.4 is 15.5 Å². The van der Waals surface area contributed by atoms with Crippen molar-refractivity contribution >= 4 is 57.5 Å². The molecule has 4 heterocycles. The average molecular weight is 465 g/mol. The minimum absolute atomic E-state index is 0.144. The highest BCUT2D eigenvalue weighted by molar-refractivity contribution is 7.21. The van der Waals surface area contributed by atoms with Crippen LogP contribution in [0.25, 0.3) is 10.2 Å². The van der Waals surface area contributed by atoms with Gasteiger partial charge in [0.15, 0.2) is 0 Å². The molecule has 170 valence electrons. The van der Waals surface area contributed by atoms with Crippen molar-refractivity contribution in [1.82, 2.24) is 15.2 Å². The lowest BCUT2D eigenvalue weighted by Crippen LogP contribution is -2.49.